The molecular weight excluding hydrogens is 206 g/mol. The molecule has 0 radical (unpaired) electrons. The molecule has 0 N–H and O–H groups in total. The van der Waals surface area contributed by atoms with Crippen LogP contribution in [0.15, 0.2) is 18.3 Å². The Hall–Kier alpha value is -1.03. The lowest BCUT2D eigenvalue weighted by Crippen LogP contribution is -1.97. The summed E-state index contributed by atoms with van der Waals surface area (Å²) in [6, 6.07) is 4.11. The average molecular weight is 219 g/mol. The number of hydrogen-bond acceptors (Lipinski definition) is 3. The fraction of sp³-hybridized carbons (Fsp3) is 0.455. The first-order valence-corrected chi connectivity index (χ1v) is 6.32. The van der Waals surface area contributed by atoms with Crippen LogP contribution in [0.1, 0.15) is 29.5 Å². The molecule has 0 bridgehead atoms. The Morgan fingerprint density at radius 3 is 3.13 bits per heavy atom. The third-order valence-electron chi connectivity index (χ3n) is 2.79. The molecule has 4 heteroatoms. The highest BCUT2D eigenvalue weighted by Crippen LogP contribution is 2.38. The molecule has 0 saturated carbocycles. The highest BCUT2D eigenvalue weighted by molar-refractivity contribution is 7.99. The Balaban J connectivity index is 2.13. The zero-order chi connectivity index (χ0) is 10.3. The summed E-state index contributed by atoms with van der Waals surface area (Å²) in [6.45, 7) is 2.10. The van der Waals surface area contributed by atoms with Crippen LogP contribution in [0.3, 0.4) is 0 Å². The van der Waals surface area contributed by atoms with Crippen molar-refractivity contribution in [1.29, 1.82) is 0 Å². The summed E-state index contributed by atoms with van der Waals surface area (Å²) in [5.74, 6) is 2.38. The lowest BCUT2D eigenvalue weighted by molar-refractivity contribution is 0.765. The smallest absolute Gasteiger partial charge is 0.160 e. The van der Waals surface area contributed by atoms with Gasteiger partial charge in [-0.15, -0.1) is 10.2 Å². The number of aryl methyl sites for hydroxylation is 1. The molecule has 1 unspecified atom stereocenters. The first kappa shape index (κ1) is 9.21. The molecule has 1 aliphatic heterocycles. The number of pyridine rings is 1. The van der Waals surface area contributed by atoms with Gasteiger partial charge in [-0.05, 0) is 37.1 Å². The number of nitrogens with zero attached hydrogens (tertiary/aromatic N) is 3. The maximum atomic E-state index is 4.31. The lowest BCUT2D eigenvalue weighted by atomic mass is 10.2. The normalized spacial score (nSPS) is 21.3. The van der Waals surface area contributed by atoms with Crippen LogP contribution in [-0.4, -0.2) is 20.4 Å². The van der Waals surface area contributed by atoms with E-state index in [2.05, 4.69) is 33.8 Å². The van der Waals surface area contributed by atoms with Crippen molar-refractivity contribution in [3.63, 3.8) is 0 Å². The summed E-state index contributed by atoms with van der Waals surface area (Å²) >= 11 is 2.00. The van der Waals surface area contributed by atoms with Crippen LogP contribution in [0.5, 0.6) is 0 Å². The summed E-state index contributed by atoms with van der Waals surface area (Å²) < 4.78 is 2.14. The van der Waals surface area contributed by atoms with Gasteiger partial charge in [0.2, 0.25) is 0 Å². The number of aromatic nitrogens is 3. The van der Waals surface area contributed by atoms with Crippen molar-refractivity contribution in [2.24, 2.45) is 0 Å². The van der Waals surface area contributed by atoms with Gasteiger partial charge in [0, 0.05) is 6.20 Å². The van der Waals surface area contributed by atoms with Crippen molar-refractivity contribution in [2.75, 3.05) is 5.75 Å². The monoisotopic (exact) mass is 219 g/mol. The third-order valence-corrected chi connectivity index (χ3v) is 4.17. The van der Waals surface area contributed by atoms with Gasteiger partial charge >= 0.3 is 0 Å². The maximum Gasteiger partial charge on any atom is 0.160 e. The van der Waals surface area contributed by atoms with Crippen LogP contribution in [0.25, 0.3) is 5.65 Å². The minimum Gasteiger partial charge on any atom is -0.285 e. The van der Waals surface area contributed by atoms with Gasteiger partial charge < -0.3 is 0 Å². The molecule has 3 rings (SSSR count). The lowest BCUT2D eigenvalue weighted by Gasteiger charge is -2.06. The molecule has 78 valence electrons. The molecule has 1 atom stereocenters. The van der Waals surface area contributed by atoms with Crippen molar-refractivity contribution in [3.8, 4) is 0 Å². The van der Waals surface area contributed by atoms with E-state index in [0.29, 0.717) is 5.25 Å². The molecule has 0 amide bonds. The fourth-order valence-electron chi connectivity index (χ4n) is 2.02. The van der Waals surface area contributed by atoms with Gasteiger partial charge in [-0.2, -0.15) is 11.8 Å². The van der Waals surface area contributed by atoms with Crippen molar-refractivity contribution in [3.05, 3.63) is 29.7 Å². The Kier molecular flexibility index (Phi) is 2.16. The van der Waals surface area contributed by atoms with Gasteiger partial charge in [-0.25, -0.2) is 0 Å². The minimum atomic E-state index is 0.543. The topological polar surface area (TPSA) is 30.2 Å². The van der Waals surface area contributed by atoms with Gasteiger partial charge in [0.25, 0.3) is 0 Å². The molecule has 15 heavy (non-hydrogen) atoms. The van der Waals surface area contributed by atoms with Gasteiger partial charge in [0.05, 0.1) is 5.25 Å². The van der Waals surface area contributed by atoms with Gasteiger partial charge in [0.1, 0.15) is 0 Å². The molecular formula is C11H13N3S. The van der Waals surface area contributed by atoms with Gasteiger partial charge in [0.15, 0.2) is 11.5 Å². The van der Waals surface area contributed by atoms with E-state index in [1.807, 2.05) is 17.8 Å². The van der Waals surface area contributed by atoms with E-state index >= 15 is 0 Å². The molecule has 0 aliphatic carbocycles. The molecule has 2 aromatic rings. The molecule has 1 saturated heterocycles. The van der Waals surface area contributed by atoms with Crippen molar-refractivity contribution < 1.29 is 0 Å². The standard InChI is InChI=1S/C11H13N3S/c1-8-4-5-10-12-13-11(14(10)7-8)9-3-2-6-15-9/h4-5,7,9H,2-3,6H2,1H3. The molecule has 0 spiro atoms. The van der Waals surface area contributed by atoms with Crippen LogP contribution < -0.4 is 0 Å². The molecule has 3 nitrogen and oxygen atoms in total. The predicted octanol–water partition coefficient (Wildman–Crippen LogP) is 2.61. The third kappa shape index (κ3) is 1.53. The molecule has 0 aromatic carbocycles. The van der Waals surface area contributed by atoms with Crippen molar-refractivity contribution in [2.45, 2.75) is 25.0 Å². The molecule has 1 fully saturated rings. The van der Waals surface area contributed by atoms with Crippen molar-refractivity contribution >= 4 is 17.4 Å². The van der Waals surface area contributed by atoms with E-state index in [0.717, 1.165) is 11.5 Å². The number of thioether (sulfide) groups is 1. The Morgan fingerprint density at radius 1 is 1.40 bits per heavy atom. The molecule has 1 aliphatic rings. The van der Waals surface area contributed by atoms with Gasteiger partial charge in [-0.3, -0.25) is 4.40 Å². The Bertz CT molecular complexity index is 486. The summed E-state index contributed by atoms with van der Waals surface area (Å²) in [7, 11) is 0. The molecule has 2 aromatic heterocycles. The van der Waals surface area contributed by atoms with E-state index in [1.165, 1.54) is 24.2 Å². The summed E-state index contributed by atoms with van der Waals surface area (Å²) in [5, 5.41) is 9.06. The van der Waals surface area contributed by atoms with Crippen LogP contribution in [-0.2, 0) is 0 Å². The van der Waals surface area contributed by atoms with E-state index < -0.39 is 0 Å². The second-order valence-corrected chi connectivity index (χ2v) is 5.31. The van der Waals surface area contributed by atoms with Crippen LogP contribution in [0, 0.1) is 6.92 Å². The quantitative estimate of drug-likeness (QED) is 0.738. The number of rotatable bonds is 1. The summed E-state index contributed by atoms with van der Waals surface area (Å²) in [4.78, 5) is 0. The second-order valence-electron chi connectivity index (χ2n) is 3.99. The first-order valence-electron chi connectivity index (χ1n) is 5.27. The van der Waals surface area contributed by atoms with Crippen LogP contribution in [0.2, 0.25) is 0 Å². The zero-order valence-corrected chi connectivity index (χ0v) is 9.50. The van der Waals surface area contributed by atoms with Crippen LogP contribution in [0.4, 0.5) is 0 Å². The largest absolute Gasteiger partial charge is 0.285 e. The van der Waals surface area contributed by atoms with Crippen LogP contribution >= 0.6 is 11.8 Å². The highest BCUT2D eigenvalue weighted by Gasteiger charge is 2.22. The van der Waals surface area contributed by atoms with E-state index in [1.54, 1.807) is 0 Å². The van der Waals surface area contributed by atoms with Crippen molar-refractivity contribution in [1.82, 2.24) is 14.6 Å². The SMILES string of the molecule is Cc1ccc2nnc(C3CCCS3)n2c1. The molecule has 3 heterocycles. The number of fused-ring (bicyclic) bond motifs is 1. The first-order chi connectivity index (χ1) is 7.34. The summed E-state index contributed by atoms with van der Waals surface area (Å²) in [6.07, 6.45) is 4.67. The zero-order valence-electron chi connectivity index (χ0n) is 8.68. The fourth-order valence-corrected chi connectivity index (χ4v) is 3.28. The number of hydrogen-bond donors (Lipinski definition) is 0. The summed E-state index contributed by atoms with van der Waals surface area (Å²) in [5.41, 5.74) is 2.22. The maximum absolute atomic E-state index is 4.31. The Morgan fingerprint density at radius 2 is 2.33 bits per heavy atom. The average Bonchev–Trinajstić information content (AvgIpc) is 2.83. The predicted molar refractivity (Wildman–Crippen MR) is 62.2 cm³/mol. The minimum absolute atomic E-state index is 0.543. The Labute approximate surface area is 92.9 Å². The van der Waals surface area contributed by atoms with E-state index in [4.69, 9.17) is 0 Å². The highest BCUT2D eigenvalue weighted by atomic mass is 32.2. The van der Waals surface area contributed by atoms with E-state index in [9.17, 15) is 0 Å². The van der Waals surface area contributed by atoms with Gasteiger partial charge in [-0.1, -0.05) is 6.07 Å². The van der Waals surface area contributed by atoms with E-state index in [-0.39, 0.29) is 0 Å². The second kappa shape index (κ2) is 3.52.